The Balaban J connectivity index is 1.52. The molecule has 0 spiro atoms. The molecule has 0 bridgehead atoms. The van der Waals surface area contributed by atoms with Gasteiger partial charge in [0.05, 0.1) is 13.3 Å². The van der Waals surface area contributed by atoms with Crippen LogP contribution in [0.2, 0.25) is 0 Å². The van der Waals surface area contributed by atoms with E-state index in [1.54, 1.807) is 18.4 Å². The third kappa shape index (κ3) is 2.93. The van der Waals surface area contributed by atoms with Gasteiger partial charge < -0.3 is 10.1 Å². The average molecular weight is 305 g/mol. The van der Waals surface area contributed by atoms with E-state index < -0.39 is 0 Å². The van der Waals surface area contributed by atoms with Crippen LogP contribution in [0.1, 0.15) is 23.4 Å². The molecule has 0 aliphatic rings. The highest BCUT2D eigenvalue weighted by Crippen LogP contribution is 2.22. The van der Waals surface area contributed by atoms with Gasteiger partial charge in [0, 0.05) is 23.8 Å². The van der Waals surface area contributed by atoms with Crippen LogP contribution in [-0.2, 0) is 13.0 Å². The molecule has 0 aromatic carbocycles. The highest BCUT2D eigenvalue weighted by Gasteiger charge is 2.12. The Bertz CT molecular complexity index is 714. The summed E-state index contributed by atoms with van der Waals surface area (Å²) in [6.07, 6.45) is 6.05. The number of methoxy groups -OCH3 is 1. The molecule has 21 heavy (non-hydrogen) atoms. The van der Waals surface area contributed by atoms with Gasteiger partial charge in [-0.3, -0.25) is 9.50 Å². The molecule has 3 aromatic heterocycles. The van der Waals surface area contributed by atoms with Crippen molar-refractivity contribution in [2.75, 3.05) is 13.7 Å². The number of aryl methyl sites for hydroxylation is 2. The first-order valence-corrected chi connectivity index (χ1v) is 7.85. The first-order valence-electron chi connectivity index (χ1n) is 6.97. The lowest BCUT2D eigenvalue weighted by atomic mass is 10.1. The van der Waals surface area contributed by atoms with Crippen LogP contribution in [0.3, 0.4) is 0 Å². The largest absolute Gasteiger partial charge is 0.480 e. The smallest absolute Gasteiger partial charge is 0.237 e. The Morgan fingerprint density at radius 2 is 2.38 bits per heavy atom. The van der Waals surface area contributed by atoms with Crippen molar-refractivity contribution in [2.24, 2.45) is 0 Å². The molecule has 0 fully saturated rings. The number of ether oxygens (including phenoxy) is 1. The minimum absolute atomic E-state index is 0.708. The first kappa shape index (κ1) is 14.1. The first-order chi connectivity index (χ1) is 10.3. The van der Waals surface area contributed by atoms with Gasteiger partial charge in [-0.15, -0.1) is 11.3 Å². The monoisotopic (exact) mass is 305 g/mol. The topological polar surface area (TPSA) is 67.2 Å². The maximum absolute atomic E-state index is 5.34. The zero-order valence-corrected chi connectivity index (χ0v) is 13.0. The highest BCUT2D eigenvalue weighted by molar-refractivity contribution is 7.15. The zero-order valence-electron chi connectivity index (χ0n) is 12.2. The fraction of sp³-hybridized carbons (Fsp3) is 0.429. The van der Waals surface area contributed by atoms with Crippen molar-refractivity contribution in [3.05, 3.63) is 34.7 Å². The Morgan fingerprint density at radius 1 is 1.48 bits per heavy atom. The van der Waals surface area contributed by atoms with E-state index in [9.17, 15) is 0 Å². The summed E-state index contributed by atoms with van der Waals surface area (Å²) in [6.45, 7) is 3.76. The third-order valence-electron chi connectivity index (χ3n) is 3.54. The summed E-state index contributed by atoms with van der Waals surface area (Å²) in [5.74, 6) is 0.708. The summed E-state index contributed by atoms with van der Waals surface area (Å²) in [5.41, 5.74) is 3.53. The SMILES string of the molecule is COc1nc2sccn2c1CNCCCc1cn[nH]c1C. The second kappa shape index (κ2) is 6.28. The second-order valence-corrected chi connectivity index (χ2v) is 5.80. The number of imidazole rings is 1. The Morgan fingerprint density at radius 3 is 3.14 bits per heavy atom. The standard InChI is InChI=1S/C14H19N5OS/c1-10-11(8-16-18-10)4-3-5-15-9-12-13(20-2)17-14-19(12)6-7-21-14/h6-8,15H,3-5,9H2,1-2H3,(H,16,18). The second-order valence-electron chi connectivity index (χ2n) is 4.92. The quantitative estimate of drug-likeness (QED) is 0.656. The Hall–Kier alpha value is -1.86. The van der Waals surface area contributed by atoms with E-state index in [2.05, 4.69) is 31.8 Å². The normalized spacial score (nSPS) is 11.3. The molecule has 0 radical (unpaired) electrons. The minimum atomic E-state index is 0.708. The van der Waals surface area contributed by atoms with E-state index in [1.807, 2.05) is 17.8 Å². The molecule has 0 amide bonds. The van der Waals surface area contributed by atoms with E-state index >= 15 is 0 Å². The molecule has 6 nitrogen and oxygen atoms in total. The lowest BCUT2D eigenvalue weighted by Crippen LogP contribution is -2.17. The van der Waals surface area contributed by atoms with Gasteiger partial charge in [0.1, 0.15) is 5.69 Å². The number of aromatic amines is 1. The van der Waals surface area contributed by atoms with Gasteiger partial charge >= 0.3 is 0 Å². The molecular formula is C14H19N5OS. The number of nitrogens with one attached hydrogen (secondary N) is 2. The molecule has 3 rings (SSSR count). The Kier molecular flexibility index (Phi) is 4.21. The van der Waals surface area contributed by atoms with Crippen LogP contribution in [-0.4, -0.2) is 33.2 Å². The van der Waals surface area contributed by atoms with Crippen molar-refractivity contribution in [1.82, 2.24) is 24.9 Å². The van der Waals surface area contributed by atoms with Crippen molar-refractivity contribution < 1.29 is 4.74 Å². The van der Waals surface area contributed by atoms with E-state index in [0.717, 1.165) is 42.3 Å². The molecular weight excluding hydrogens is 286 g/mol. The van der Waals surface area contributed by atoms with Gasteiger partial charge in [0.25, 0.3) is 0 Å². The van der Waals surface area contributed by atoms with Crippen molar-refractivity contribution in [2.45, 2.75) is 26.3 Å². The van der Waals surface area contributed by atoms with Crippen LogP contribution >= 0.6 is 11.3 Å². The van der Waals surface area contributed by atoms with E-state index in [0.29, 0.717) is 5.88 Å². The fourth-order valence-electron chi connectivity index (χ4n) is 2.38. The molecule has 3 aromatic rings. The Labute approximate surface area is 127 Å². The van der Waals surface area contributed by atoms with Gasteiger partial charge in [0.2, 0.25) is 5.88 Å². The predicted molar refractivity (Wildman–Crippen MR) is 83.0 cm³/mol. The average Bonchev–Trinajstić information content (AvgIpc) is 3.16. The molecule has 112 valence electrons. The van der Waals surface area contributed by atoms with Crippen LogP contribution in [0.15, 0.2) is 17.8 Å². The molecule has 0 aliphatic carbocycles. The van der Waals surface area contributed by atoms with Crippen LogP contribution < -0.4 is 10.1 Å². The van der Waals surface area contributed by atoms with Crippen LogP contribution in [0.4, 0.5) is 0 Å². The van der Waals surface area contributed by atoms with Crippen LogP contribution in [0, 0.1) is 6.92 Å². The lowest BCUT2D eigenvalue weighted by Gasteiger charge is -2.05. The van der Waals surface area contributed by atoms with Gasteiger partial charge in [-0.25, -0.2) is 0 Å². The summed E-state index contributed by atoms with van der Waals surface area (Å²) in [4.78, 5) is 5.42. The number of rotatable bonds is 7. The van der Waals surface area contributed by atoms with Crippen molar-refractivity contribution in [3.63, 3.8) is 0 Å². The van der Waals surface area contributed by atoms with Gasteiger partial charge in [-0.05, 0) is 31.9 Å². The van der Waals surface area contributed by atoms with E-state index in [1.165, 1.54) is 5.56 Å². The summed E-state index contributed by atoms with van der Waals surface area (Å²) < 4.78 is 7.42. The third-order valence-corrected chi connectivity index (χ3v) is 4.30. The molecule has 0 unspecified atom stereocenters. The predicted octanol–water partition coefficient (Wildman–Crippen LogP) is 2.16. The molecule has 2 N–H and O–H groups in total. The van der Waals surface area contributed by atoms with Crippen LogP contribution in [0.5, 0.6) is 5.88 Å². The molecule has 0 saturated heterocycles. The fourth-order valence-corrected chi connectivity index (χ4v) is 3.10. The van der Waals surface area contributed by atoms with E-state index in [4.69, 9.17) is 4.74 Å². The number of H-pyrrole nitrogens is 1. The summed E-state index contributed by atoms with van der Waals surface area (Å²) in [7, 11) is 1.66. The summed E-state index contributed by atoms with van der Waals surface area (Å²) in [5, 5.41) is 12.5. The molecule has 3 heterocycles. The summed E-state index contributed by atoms with van der Waals surface area (Å²) >= 11 is 1.61. The number of aromatic nitrogens is 4. The zero-order chi connectivity index (χ0) is 14.7. The van der Waals surface area contributed by atoms with Gasteiger partial charge in [0.15, 0.2) is 4.96 Å². The van der Waals surface area contributed by atoms with E-state index in [-0.39, 0.29) is 0 Å². The van der Waals surface area contributed by atoms with Gasteiger partial charge in [-0.2, -0.15) is 10.1 Å². The maximum atomic E-state index is 5.34. The molecule has 0 atom stereocenters. The van der Waals surface area contributed by atoms with Gasteiger partial charge in [-0.1, -0.05) is 0 Å². The summed E-state index contributed by atoms with van der Waals surface area (Å²) in [6, 6.07) is 0. The van der Waals surface area contributed by atoms with Crippen molar-refractivity contribution >= 4 is 16.3 Å². The number of hydrogen-bond acceptors (Lipinski definition) is 5. The highest BCUT2D eigenvalue weighted by atomic mass is 32.1. The van der Waals surface area contributed by atoms with Crippen molar-refractivity contribution in [1.29, 1.82) is 0 Å². The maximum Gasteiger partial charge on any atom is 0.237 e. The number of thiazole rings is 1. The number of nitrogens with zero attached hydrogens (tertiary/aromatic N) is 3. The van der Waals surface area contributed by atoms with Crippen molar-refractivity contribution in [3.8, 4) is 5.88 Å². The number of hydrogen-bond donors (Lipinski definition) is 2. The molecule has 7 heteroatoms. The minimum Gasteiger partial charge on any atom is -0.480 e. The lowest BCUT2D eigenvalue weighted by molar-refractivity contribution is 0.393. The van der Waals surface area contributed by atoms with Crippen LogP contribution in [0.25, 0.3) is 4.96 Å². The molecule has 0 saturated carbocycles. The molecule has 0 aliphatic heterocycles. The number of fused-ring (bicyclic) bond motifs is 1.